The van der Waals surface area contributed by atoms with Gasteiger partial charge in [0.25, 0.3) is 0 Å². The highest BCUT2D eigenvalue weighted by Crippen LogP contribution is 2.08. The van der Waals surface area contributed by atoms with Gasteiger partial charge in [-0.3, -0.25) is 9.98 Å². The quantitative estimate of drug-likeness (QED) is 0.517. The number of pyridine rings is 1. The summed E-state index contributed by atoms with van der Waals surface area (Å²) in [5, 5.41) is 3.05. The molecule has 1 aromatic heterocycles. The molecule has 0 aliphatic rings. The number of hydrogen-bond acceptors (Lipinski definition) is 2. The lowest BCUT2D eigenvalue weighted by molar-refractivity contribution is 0.709. The second-order valence-corrected chi connectivity index (χ2v) is 2.76. The number of nitrogens with one attached hydrogen (secondary N) is 1. The highest BCUT2D eigenvalue weighted by Gasteiger charge is 2.03. The van der Waals surface area contributed by atoms with E-state index in [1.807, 2.05) is 19.1 Å². The second kappa shape index (κ2) is 4.45. The van der Waals surface area contributed by atoms with Gasteiger partial charge in [-0.25, -0.2) is 0 Å². The summed E-state index contributed by atoms with van der Waals surface area (Å²) >= 11 is 0. The van der Waals surface area contributed by atoms with Crippen LogP contribution >= 0.6 is 0 Å². The Bertz CT molecular complexity index is 281. The Balaban J connectivity index is 2.64. The van der Waals surface area contributed by atoms with E-state index >= 15 is 0 Å². The maximum Gasteiger partial charge on any atom is 0.188 e. The third-order valence-electron chi connectivity index (χ3n) is 1.81. The predicted molar refractivity (Wildman–Crippen MR) is 53.3 cm³/mol. The van der Waals surface area contributed by atoms with Gasteiger partial charge in [-0.05, 0) is 24.6 Å². The highest BCUT2D eigenvalue weighted by atomic mass is 15.1. The number of aliphatic imine (C=N–C) groups is 1. The fourth-order valence-electron chi connectivity index (χ4n) is 1.02. The van der Waals surface area contributed by atoms with Gasteiger partial charge in [0, 0.05) is 19.4 Å². The normalized spacial score (nSPS) is 13.8. The molecule has 4 heteroatoms. The van der Waals surface area contributed by atoms with E-state index in [0.29, 0.717) is 5.96 Å². The Hall–Kier alpha value is -1.58. The SMILES string of the molecule is CN=C(N)N[C@H](C)c1ccncc1. The third kappa shape index (κ3) is 2.74. The molecule has 0 saturated heterocycles. The van der Waals surface area contributed by atoms with Crippen LogP contribution in [0.3, 0.4) is 0 Å². The molecule has 1 rings (SSSR count). The van der Waals surface area contributed by atoms with E-state index in [9.17, 15) is 0 Å². The van der Waals surface area contributed by atoms with E-state index in [1.165, 1.54) is 0 Å². The van der Waals surface area contributed by atoms with Crippen molar-refractivity contribution in [3.8, 4) is 0 Å². The van der Waals surface area contributed by atoms with E-state index < -0.39 is 0 Å². The van der Waals surface area contributed by atoms with Crippen LogP contribution in [0.15, 0.2) is 29.5 Å². The molecular weight excluding hydrogens is 164 g/mol. The van der Waals surface area contributed by atoms with Crippen LogP contribution in [0.5, 0.6) is 0 Å². The van der Waals surface area contributed by atoms with Crippen molar-refractivity contribution in [3.05, 3.63) is 30.1 Å². The van der Waals surface area contributed by atoms with Gasteiger partial charge >= 0.3 is 0 Å². The molecule has 1 heterocycles. The van der Waals surface area contributed by atoms with Gasteiger partial charge in [0.1, 0.15) is 0 Å². The molecule has 4 nitrogen and oxygen atoms in total. The van der Waals surface area contributed by atoms with Gasteiger partial charge < -0.3 is 11.1 Å². The fraction of sp³-hybridized carbons (Fsp3) is 0.333. The standard InChI is InChI=1S/C9H14N4/c1-7(13-9(10)11-2)8-3-5-12-6-4-8/h3-7H,1-2H3,(H3,10,11,13)/t7-/m1/s1. The fourth-order valence-corrected chi connectivity index (χ4v) is 1.02. The molecule has 13 heavy (non-hydrogen) atoms. The molecule has 0 spiro atoms. The van der Waals surface area contributed by atoms with Crippen molar-refractivity contribution in [2.45, 2.75) is 13.0 Å². The van der Waals surface area contributed by atoms with Crippen molar-refractivity contribution in [2.75, 3.05) is 7.05 Å². The number of nitrogens with two attached hydrogens (primary N) is 1. The lowest BCUT2D eigenvalue weighted by atomic mass is 10.1. The van der Waals surface area contributed by atoms with Crippen molar-refractivity contribution >= 4 is 5.96 Å². The summed E-state index contributed by atoms with van der Waals surface area (Å²) < 4.78 is 0. The van der Waals surface area contributed by atoms with Gasteiger partial charge in [-0.1, -0.05) is 0 Å². The molecule has 0 unspecified atom stereocenters. The largest absolute Gasteiger partial charge is 0.370 e. The Labute approximate surface area is 77.9 Å². The lowest BCUT2D eigenvalue weighted by Crippen LogP contribution is -2.33. The van der Waals surface area contributed by atoms with Gasteiger partial charge in [0.2, 0.25) is 0 Å². The van der Waals surface area contributed by atoms with Crippen LogP contribution in [0.4, 0.5) is 0 Å². The number of aromatic nitrogens is 1. The van der Waals surface area contributed by atoms with Gasteiger partial charge in [-0.2, -0.15) is 0 Å². The number of nitrogens with zero attached hydrogens (tertiary/aromatic N) is 2. The van der Waals surface area contributed by atoms with Crippen molar-refractivity contribution in [1.29, 1.82) is 0 Å². The topological polar surface area (TPSA) is 63.3 Å². The van der Waals surface area contributed by atoms with Crippen LogP contribution in [0.25, 0.3) is 0 Å². The van der Waals surface area contributed by atoms with Crippen LogP contribution in [-0.2, 0) is 0 Å². The molecule has 70 valence electrons. The molecule has 1 aromatic rings. The summed E-state index contributed by atoms with van der Waals surface area (Å²) in [6.45, 7) is 2.02. The predicted octanol–water partition coefficient (Wildman–Crippen LogP) is 0.677. The first-order valence-corrected chi connectivity index (χ1v) is 4.12. The van der Waals surface area contributed by atoms with E-state index in [4.69, 9.17) is 5.73 Å². The zero-order chi connectivity index (χ0) is 9.68. The smallest absolute Gasteiger partial charge is 0.188 e. The Morgan fingerprint density at radius 1 is 1.54 bits per heavy atom. The highest BCUT2D eigenvalue weighted by molar-refractivity contribution is 5.78. The first-order valence-electron chi connectivity index (χ1n) is 4.12. The summed E-state index contributed by atoms with van der Waals surface area (Å²) in [4.78, 5) is 7.76. The maximum absolute atomic E-state index is 5.53. The second-order valence-electron chi connectivity index (χ2n) is 2.76. The molecule has 1 atom stereocenters. The minimum absolute atomic E-state index is 0.159. The van der Waals surface area contributed by atoms with E-state index in [0.717, 1.165) is 5.56 Å². The van der Waals surface area contributed by atoms with Crippen LogP contribution in [0, 0.1) is 0 Å². The van der Waals surface area contributed by atoms with Gasteiger partial charge in [0.15, 0.2) is 5.96 Å². The third-order valence-corrected chi connectivity index (χ3v) is 1.81. The molecule has 3 N–H and O–H groups in total. The first kappa shape index (κ1) is 9.51. The Morgan fingerprint density at radius 2 is 2.15 bits per heavy atom. The van der Waals surface area contributed by atoms with Crippen molar-refractivity contribution in [2.24, 2.45) is 10.7 Å². The van der Waals surface area contributed by atoms with E-state index in [-0.39, 0.29) is 6.04 Å². The van der Waals surface area contributed by atoms with E-state index in [2.05, 4.69) is 15.3 Å². The van der Waals surface area contributed by atoms with Crippen molar-refractivity contribution in [1.82, 2.24) is 10.3 Å². The Kier molecular flexibility index (Phi) is 3.25. The van der Waals surface area contributed by atoms with Crippen LogP contribution < -0.4 is 11.1 Å². The molecule has 0 aliphatic heterocycles. The summed E-state index contributed by atoms with van der Waals surface area (Å²) in [6.07, 6.45) is 3.51. The van der Waals surface area contributed by atoms with Crippen molar-refractivity contribution in [3.63, 3.8) is 0 Å². The van der Waals surface area contributed by atoms with Crippen LogP contribution in [0.2, 0.25) is 0 Å². The monoisotopic (exact) mass is 178 g/mol. The molecule has 0 aromatic carbocycles. The van der Waals surface area contributed by atoms with Crippen LogP contribution in [-0.4, -0.2) is 18.0 Å². The summed E-state index contributed by atoms with van der Waals surface area (Å²) in [6, 6.07) is 4.05. The zero-order valence-corrected chi connectivity index (χ0v) is 7.86. The molecule has 0 amide bonds. The number of rotatable bonds is 2. The zero-order valence-electron chi connectivity index (χ0n) is 7.86. The van der Waals surface area contributed by atoms with Gasteiger partial charge in [0.05, 0.1) is 6.04 Å². The minimum atomic E-state index is 0.159. The maximum atomic E-state index is 5.53. The van der Waals surface area contributed by atoms with Crippen molar-refractivity contribution < 1.29 is 0 Å². The van der Waals surface area contributed by atoms with Gasteiger partial charge in [-0.15, -0.1) is 0 Å². The molecule has 0 fully saturated rings. The molecular formula is C9H14N4. The average Bonchev–Trinajstić information content (AvgIpc) is 2.19. The lowest BCUT2D eigenvalue weighted by Gasteiger charge is -2.13. The molecule has 0 aliphatic carbocycles. The summed E-state index contributed by atoms with van der Waals surface area (Å²) in [5.41, 5.74) is 6.67. The molecule has 0 radical (unpaired) electrons. The summed E-state index contributed by atoms with van der Waals surface area (Å²) in [7, 11) is 1.65. The molecule has 0 bridgehead atoms. The average molecular weight is 178 g/mol. The number of hydrogen-bond donors (Lipinski definition) is 2. The minimum Gasteiger partial charge on any atom is -0.370 e. The number of guanidine groups is 1. The van der Waals surface area contributed by atoms with E-state index in [1.54, 1.807) is 19.4 Å². The Morgan fingerprint density at radius 3 is 2.69 bits per heavy atom. The van der Waals surface area contributed by atoms with Crippen LogP contribution in [0.1, 0.15) is 18.5 Å². The summed E-state index contributed by atoms with van der Waals surface area (Å²) in [5.74, 6) is 0.448. The first-order chi connectivity index (χ1) is 6.24. The molecule has 0 saturated carbocycles.